The molecular formula is C21H27N5O. The van der Waals surface area contributed by atoms with Crippen LogP contribution in [-0.2, 0) is 0 Å². The molecule has 2 aromatic heterocycles. The summed E-state index contributed by atoms with van der Waals surface area (Å²) < 4.78 is 0. The summed E-state index contributed by atoms with van der Waals surface area (Å²) in [6, 6.07) is 5.77. The highest BCUT2D eigenvalue weighted by molar-refractivity contribution is 5.93. The van der Waals surface area contributed by atoms with E-state index >= 15 is 0 Å². The first-order valence-electron chi connectivity index (χ1n) is 9.82. The van der Waals surface area contributed by atoms with Gasteiger partial charge in [0.2, 0.25) is 5.95 Å². The number of likely N-dealkylation sites (tertiary alicyclic amines) is 1. The Hall–Kier alpha value is -2.50. The molecule has 4 heterocycles. The number of carbonyl (C=O) groups is 1. The molecule has 1 unspecified atom stereocenters. The van der Waals surface area contributed by atoms with Crippen molar-refractivity contribution < 1.29 is 4.79 Å². The topological polar surface area (TPSA) is 62.2 Å². The molecule has 2 saturated heterocycles. The van der Waals surface area contributed by atoms with Crippen molar-refractivity contribution in [3.63, 3.8) is 0 Å². The minimum atomic E-state index is 0.0658. The van der Waals surface area contributed by atoms with Crippen molar-refractivity contribution in [2.24, 2.45) is 5.41 Å². The number of nitrogens with zero attached hydrogens (tertiary/aromatic N) is 5. The Morgan fingerprint density at radius 2 is 1.85 bits per heavy atom. The molecule has 6 nitrogen and oxygen atoms in total. The summed E-state index contributed by atoms with van der Waals surface area (Å²) in [6.07, 6.45) is 8.00. The highest BCUT2D eigenvalue weighted by Crippen LogP contribution is 2.39. The van der Waals surface area contributed by atoms with Crippen LogP contribution in [0.1, 0.15) is 47.4 Å². The van der Waals surface area contributed by atoms with Gasteiger partial charge in [0.25, 0.3) is 5.91 Å². The summed E-state index contributed by atoms with van der Waals surface area (Å²) in [5.41, 5.74) is 2.65. The molecule has 0 N–H and O–H groups in total. The van der Waals surface area contributed by atoms with E-state index in [-0.39, 0.29) is 11.3 Å². The molecule has 2 fully saturated rings. The first-order valence-corrected chi connectivity index (χ1v) is 9.82. The van der Waals surface area contributed by atoms with Gasteiger partial charge in [-0.1, -0.05) is 6.07 Å². The molecule has 2 aliphatic heterocycles. The lowest BCUT2D eigenvalue weighted by Gasteiger charge is -2.48. The maximum absolute atomic E-state index is 13.1. The third kappa shape index (κ3) is 3.66. The van der Waals surface area contributed by atoms with Gasteiger partial charge < -0.3 is 9.80 Å². The van der Waals surface area contributed by atoms with E-state index in [2.05, 4.69) is 19.9 Å². The number of amides is 1. The third-order valence-corrected chi connectivity index (χ3v) is 5.89. The van der Waals surface area contributed by atoms with Crippen molar-refractivity contribution >= 4 is 11.9 Å². The van der Waals surface area contributed by atoms with Gasteiger partial charge in [0.1, 0.15) is 5.69 Å². The maximum Gasteiger partial charge on any atom is 0.272 e. The van der Waals surface area contributed by atoms with E-state index < -0.39 is 0 Å². The smallest absolute Gasteiger partial charge is 0.272 e. The number of carbonyl (C=O) groups excluding carboxylic acids is 1. The van der Waals surface area contributed by atoms with Crippen molar-refractivity contribution in [3.05, 3.63) is 47.5 Å². The Morgan fingerprint density at radius 3 is 2.63 bits per heavy atom. The largest absolute Gasteiger partial charge is 0.340 e. The average molecular weight is 365 g/mol. The van der Waals surface area contributed by atoms with E-state index in [4.69, 9.17) is 0 Å². The first-order chi connectivity index (χ1) is 13.1. The quantitative estimate of drug-likeness (QED) is 0.819. The van der Waals surface area contributed by atoms with Crippen LogP contribution in [0.5, 0.6) is 0 Å². The number of rotatable bonds is 2. The van der Waals surface area contributed by atoms with E-state index in [0.29, 0.717) is 5.69 Å². The fraction of sp³-hybridized carbons (Fsp3) is 0.524. The van der Waals surface area contributed by atoms with E-state index in [9.17, 15) is 4.79 Å². The number of hydrogen-bond donors (Lipinski definition) is 0. The molecule has 0 aromatic carbocycles. The van der Waals surface area contributed by atoms with Gasteiger partial charge in [-0.3, -0.25) is 9.78 Å². The Balaban J connectivity index is 1.53. The molecule has 6 heteroatoms. The molecule has 1 atom stereocenters. The zero-order valence-electron chi connectivity index (χ0n) is 16.2. The molecule has 27 heavy (non-hydrogen) atoms. The number of hydrogen-bond acceptors (Lipinski definition) is 5. The molecule has 142 valence electrons. The second-order valence-corrected chi connectivity index (χ2v) is 8.02. The Bertz CT molecular complexity index is 835. The van der Waals surface area contributed by atoms with E-state index in [1.807, 2.05) is 43.1 Å². The molecule has 0 radical (unpaired) electrons. The van der Waals surface area contributed by atoms with Gasteiger partial charge >= 0.3 is 0 Å². The molecule has 0 aliphatic carbocycles. The summed E-state index contributed by atoms with van der Waals surface area (Å²) in [5.74, 6) is 0.884. The zero-order valence-corrected chi connectivity index (χ0v) is 16.2. The van der Waals surface area contributed by atoms with Crippen LogP contribution in [0.25, 0.3) is 0 Å². The van der Waals surface area contributed by atoms with Gasteiger partial charge in [-0.2, -0.15) is 0 Å². The number of pyridine rings is 1. The molecule has 1 spiro atoms. The lowest BCUT2D eigenvalue weighted by molar-refractivity contribution is 0.0459. The summed E-state index contributed by atoms with van der Waals surface area (Å²) in [6.45, 7) is 7.47. The number of piperidine rings is 2. The normalized spacial score (nSPS) is 22.9. The molecular weight excluding hydrogens is 338 g/mol. The fourth-order valence-electron chi connectivity index (χ4n) is 4.54. The molecule has 4 rings (SSSR count). The van der Waals surface area contributed by atoms with Gasteiger partial charge in [-0.05, 0) is 57.2 Å². The van der Waals surface area contributed by atoms with Crippen LogP contribution in [-0.4, -0.2) is 51.9 Å². The zero-order chi connectivity index (χ0) is 18.9. The van der Waals surface area contributed by atoms with Gasteiger partial charge in [0, 0.05) is 49.7 Å². The van der Waals surface area contributed by atoms with Gasteiger partial charge in [0.05, 0.1) is 0 Å². The minimum Gasteiger partial charge on any atom is -0.340 e. The highest BCUT2D eigenvalue weighted by Gasteiger charge is 2.41. The van der Waals surface area contributed by atoms with Crippen molar-refractivity contribution in [1.82, 2.24) is 19.9 Å². The first kappa shape index (κ1) is 17.9. The van der Waals surface area contributed by atoms with Crippen LogP contribution in [0.15, 0.2) is 30.6 Å². The van der Waals surface area contributed by atoms with Crippen molar-refractivity contribution in [2.45, 2.75) is 39.5 Å². The molecule has 0 saturated carbocycles. The van der Waals surface area contributed by atoms with Gasteiger partial charge in [-0.25, -0.2) is 9.97 Å². The number of aromatic nitrogens is 3. The Labute approximate surface area is 160 Å². The standard InChI is InChI=1S/C21H27N5O/c1-16-6-3-10-22-18(16)19(27)25-12-4-8-21(14-25)9-5-13-26(15-21)20-23-11-7-17(2)24-20/h3,6-7,10-11H,4-5,8-9,12-15H2,1-2H3. The van der Waals surface area contributed by atoms with Crippen molar-refractivity contribution in [3.8, 4) is 0 Å². The summed E-state index contributed by atoms with van der Waals surface area (Å²) in [7, 11) is 0. The SMILES string of the molecule is Cc1ccnc(N2CCCC3(CCCN(C(=O)c4ncccc4C)C3)C2)n1. The molecule has 2 aromatic rings. The van der Waals surface area contributed by atoms with Crippen LogP contribution in [0.2, 0.25) is 0 Å². The van der Waals surface area contributed by atoms with Crippen LogP contribution in [0.3, 0.4) is 0 Å². The molecule has 0 bridgehead atoms. The van der Waals surface area contributed by atoms with Crippen LogP contribution < -0.4 is 4.90 Å². The van der Waals surface area contributed by atoms with Crippen LogP contribution in [0.4, 0.5) is 5.95 Å². The van der Waals surface area contributed by atoms with Crippen LogP contribution >= 0.6 is 0 Å². The molecule has 1 amide bonds. The lowest BCUT2D eigenvalue weighted by Crippen LogP contribution is -2.54. The third-order valence-electron chi connectivity index (χ3n) is 5.89. The number of anilines is 1. The van der Waals surface area contributed by atoms with E-state index in [1.54, 1.807) is 6.20 Å². The highest BCUT2D eigenvalue weighted by atomic mass is 16.2. The van der Waals surface area contributed by atoms with Gasteiger partial charge in [-0.15, -0.1) is 0 Å². The average Bonchev–Trinajstić information content (AvgIpc) is 2.68. The minimum absolute atomic E-state index is 0.0658. The van der Waals surface area contributed by atoms with Crippen LogP contribution in [0, 0.1) is 19.3 Å². The van der Waals surface area contributed by atoms with Gasteiger partial charge in [0.15, 0.2) is 0 Å². The predicted octanol–water partition coefficient (Wildman–Crippen LogP) is 3.01. The summed E-state index contributed by atoms with van der Waals surface area (Å²) in [4.78, 5) is 30.8. The lowest BCUT2D eigenvalue weighted by atomic mass is 9.73. The predicted molar refractivity (Wildman–Crippen MR) is 105 cm³/mol. The van der Waals surface area contributed by atoms with E-state index in [1.165, 1.54) is 0 Å². The second-order valence-electron chi connectivity index (χ2n) is 8.02. The summed E-state index contributed by atoms with van der Waals surface area (Å²) in [5, 5.41) is 0. The summed E-state index contributed by atoms with van der Waals surface area (Å²) >= 11 is 0. The molecule has 2 aliphatic rings. The monoisotopic (exact) mass is 365 g/mol. The second kappa shape index (κ2) is 7.25. The van der Waals surface area contributed by atoms with Crippen molar-refractivity contribution in [2.75, 3.05) is 31.1 Å². The Morgan fingerprint density at radius 1 is 1.04 bits per heavy atom. The maximum atomic E-state index is 13.1. The van der Waals surface area contributed by atoms with Crippen molar-refractivity contribution in [1.29, 1.82) is 0 Å². The number of aryl methyl sites for hydroxylation is 2. The Kier molecular flexibility index (Phi) is 4.81. The fourth-order valence-corrected chi connectivity index (χ4v) is 4.54. The van der Waals surface area contributed by atoms with E-state index in [0.717, 1.165) is 69.1 Å².